The first-order valence-corrected chi connectivity index (χ1v) is 7.87. The van der Waals surface area contributed by atoms with Crippen LogP contribution in [0.3, 0.4) is 0 Å². The molecule has 0 aliphatic carbocycles. The number of halogens is 2. The van der Waals surface area contributed by atoms with Crippen LogP contribution in [-0.4, -0.2) is 48.2 Å². The number of nitrogens with one attached hydrogen (secondary N) is 1. The van der Waals surface area contributed by atoms with Gasteiger partial charge >= 0.3 is 0 Å². The number of benzene rings is 1. The van der Waals surface area contributed by atoms with Crippen LogP contribution in [0.15, 0.2) is 22.7 Å². The predicted octanol–water partition coefficient (Wildman–Crippen LogP) is 2.29. The Morgan fingerprint density at radius 3 is 3.00 bits per heavy atom. The molecule has 1 aromatic rings. The van der Waals surface area contributed by atoms with Crippen LogP contribution >= 0.6 is 27.5 Å². The van der Waals surface area contributed by atoms with E-state index < -0.39 is 0 Å². The van der Waals surface area contributed by atoms with E-state index in [-0.39, 0.29) is 12.5 Å². The van der Waals surface area contributed by atoms with Gasteiger partial charge in [0.2, 0.25) is 0 Å². The molecule has 0 spiro atoms. The summed E-state index contributed by atoms with van der Waals surface area (Å²) in [7, 11) is 0. The summed E-state index contributed by atoms with van der Waals surface area (Å²) in [5.41, 5.74) is 0.531. The van der Waals surface area contributed by atoms with Gasteiger partial charge in [0, 0.05) is 28.6 Å². The van der Waals surface area contributed by atoms with Gasteiger partial charge in [-0.25, -0.2) is 0 Å². The molecule has 110 valence electrons. The van der Waals surface area contributed by atoms with Crippen LogP contribution in [0.4, 0.5) is 0 Å². The average Bonchev–Trinajstić information content (AvgIpc) is 2.93. The van der Waals surface area contributed by atoms with Gasteiger partial charge in [-0.15, -0.1) is 0 Å². The summed E-state index contributed by atoms with van der Waals surface area (Å²) < 4.78 is 0.717. The second-order valence-electron chi connectivity index (χ2n) is 4.89. The molecular formula is C14H18BrClN2O2. The maximum atomic E-state index is 12.6. The third kappa shape index (κ3) is 3.95. The topological polar surface area (TPSA) is 52.6 Å². The Hall–Kier alpha value is -0.620. The summed E-state index contributed by atoms with van der Waals surface area (Å²) >= 11 is 9.34. The van der Waals surface area contributed by atoms with Crippen LogP contribution in [0, 0.1) is 0 Å². The van der Waals surface area contributed by atoms with Crippen molar-refractivity contribution in [3.05, 3.63) is 33.3 Å². The van der Waals surface area contributed by atoms with E-state index in [0.29, 0.717) is 34.2 Å². The van der Waals surface area contributed by atoms with Gasteiger partial charge in [0.1, 0.15) is 0 Å². The summed E-state index contributed by atoms with van der Waals surface area (Å²) in [5, 5.41) is 13.1. The number of amides is 1. The fourth-order valence-corrected chi connectivity index (χ4v) is 3.00. The maximum absolute atomic E-state index is 12.6. The molecule has 0 radical (unpaired) electrons. The molecule has 0 bridgehead atoms. The zero-order chi connectivity index (χ0) is 14.5. The first-order valence-electron chi connectivity index (χ1n) is 6.70. The number of rotatable bonds is 5. The minimum Gasteiger partial charge on any atom is -0.395 e. The number of carbonyl (C=O) groups is 1. The summed E-state index contributed by atoms with van der Waals surface area (Å²) in [6.45, 7) is 1.89. The van der Waals surface area contributed by atoms with Gasteiger partial charge in [0.15, 0.2) is 0 Å². The van der Waals surface area contributed by atoms with Gasteiger partial charge in [-0.2, -0.15) is 0 Å². The zero-order valence-corrected chi connectivity index (χ0v) is 13.5. The molecule has 1 unspecified atom stereocenters. The lowest BCUT2D eigenvalue weighted by molar-refractivity contribution is 0.0705. The Labute approximate surface area is 132 Å². The average molecular weight is 362 g/mol. The van der Waals surface area contributed by atoms with E-state index in [1.807, 2.05) is 0 Å². The smallest absolute Gasteiger partial charge is 0.255 e. The Morgan fingerprint density at radius 1 is 1.55 bits per heavy atom. The number of aliphatic hydroxyl groups is 1. The molecule has 1 aliphatic heterocycles. The van der Waals surface area contributed by atoms with Gasteiger partial charge in [-0.3, -0.25) is 4.79 Å². The van der Waals surface area contributed by atoms with Crippen LogP contribution in [-0.2, 0) is 0 Å². The highest BCUT2D eigenvalue weighted by molar-refractivity contribution is 9.10. The monoisotopic (exact) mass is 360 g/mol. The van der Waals surface area contributed by atoms with Crippen molar-refractivity contribution in [2.75, 3.05) is 26.2 Å². The lowest BCUT2D eigenvalue weighted by Crippen LogP contribution is -2.42. The molecule has 20 heavy (non-hydrogen) atoms. The van der Waals surface area contributed by atoms with Crippen molar-refractivity contribution in [1.29, 1.82) is 0 Å². The Bertz CT molecular complexity index is 478. The standard InChI is InChI=1S/C14H18BrClN2O2/c15-13-4-3-10(16)8-12(13)14(20)18(6-7-19)9-11-2-1-5-17-11/h3-4,8,11,17,19H,1-2,5-7,9H2. The molecule has 4 nitrogen and oxygen atoms in total. The summed E-state index contributed by atoms with van der Waals surface area (Å²) in [6, 6.07) is 5.46. The van der Waals surface area contributed by atoms with Crippen molar-refractivity contribution < 1.29 is 9.90 Å². The third-order valence-corrected chi connectivity index (χ3v) is 4.35. The molecule has 2 N–H and O–H groups in total. The van der Waals surface area contributed by atoms with Crippen LogP contribution in [0.1, 0.15) is 23.2 Å². The normalized spacial score (nSPS) is 18.2. The van der Waals surface area contributed by atoms with Crippen molar-refractivity contribution in [3.8, 4) is 0 Å². The lowest BCUT2D eigenvalue weighted by Gasteiger charge is -2.25. The fourth-order valence-electron chi connectivity index (χ4n) is 2.41. The fraction of sp³-hybridized carbons (Fsp3) is 0.500. The molecule has 1 amide bonds. The van der Waals surface area contributed by atoms with E-state index in [0.717, 1.165) is 19.4 Å². The molecule has 6 heteroatoms. The maximum Gasteiger partial charge on any atom is 0.255 e. The Balaban J connectivity index is 2.14. The molecule has 1 atom stereocenters. The van der Waals surface area contributed by atoms with Crippen molar-refractivity contribution in [2.45, 2.75) is 18.9 Å². The number of nitrogens with zero attached hydrogens (tertiary/aromatic N) is 1. The molecule has 1 aromatic carbocycles. The molecule has 1 saturated heterocycles. The highest BCUT2D eigenvalue weighted by Crippen LogP contribution is 2.23. The van der Waals surface area contributed by atoms with Gasteiger partial charge in [0.05, 0.1) is 12.2 Å². The number of hydrogen-bond acceptors (Lipinski definition) is 3. The van der Waals surface area contributed by atoms with E-state index in [1.165, 1.54) is 0 Å². The molecule has 1 heterocycles. The van der Waals surface area contributed by atoms with E-state index >= 15 is 0 Å². The number of hydrogen-bond donors (Lipinski definition) is 2. The minimum atomic E-state index is -0.109. The van der Waals surface area contributed by atoms with E-state index in [4.69, 9.17) is 11.6 Å². The number of aliphatic hydroxyl groups excluding tert-OH is 1. The second kappa shape index (κ2) is 7.41. The van der Waals surface area contributed by atoms with E-state index in [9.17, 15) is 9.90 Å². The Kier molecular flexibility index (Phi) is 5.84. The molecule has 2 rings (SSSR count). The van der Waals surface area contributed by atoms with Gasteiger partial charge in [0.25, 0.3) is 5.91 Å². The third-order valence-electron chi connectivity index (χ3n) is 3.42. The molecule has 1 aliphatic rings. The largest absolute Gasteiger partial charge is 0.395 e. The Morgan fingerprint density at radius 2 is 2.35 bits per heavy atom. The van der Waals surface area contributed by atoms with Gasteiger partial charge < -0.3 is 15.3 Å². The van der Waals surface area contributed by atoms with Crippen LogP contribution < -0.4 is 5.32 Å². The van der Waals surface area contributed by atoms with Crippen molar-refractivity contribution in [1.82, 2.24) is 10.2 Å². The molecule has 1 fully saturated rings. The van der Waals surface area contributed by atoms with E-state index in [1.54, 1.807) is 23.1 Å². The van der Waals surface area contributed by atoms with Gasteiger partial charge in [-0.05, 0) is 53.5 Å². The lowest BCUT2D eigenvalue weighted by atomic mass is 10.1. The zero-order valence-electron chi connectivity index (χ0n) is 11.1. The molecular weight excluding hydrogens is 344 g/mol. The highest BCUT2D eigenvalue weighted by Gasteiger charge is 2.23. The summed E-state index contributed by atoms with van der Waals surface area (Å²) in [5.74, 6) is -0.109. The number of carbonyl (C=O) groups excluding carboxylic acids is 1. The van der Waals surface area contributed by atoms with E-state index in [2.05, 4.69) is 21.2 Å². The molecule has 0 aromatic heterocycles. The highest BCUT2D eigenvalue weighted by atomic mass is 79.9. The SMILES string of the molecule is O=C(c1cc(Cl)ccc1Br)N(CCO)CC1CCCN1. The predicted molar refractivity (Wildman–Crippen MR) is 83.2 cm³/mol. The van der Waals surface area contributed by atoms with Crippen molar-refractivity contribution >= 4 is 33.4 Å². The summed E-state index contributed by atoms with van der Waals surface area (Å²) in [6.07, 6.45) is 2.19. The summed E-state index contributed by atoms with van der Waals surface area (Å²) in [4.78, 5) is 14.3. The first-order chi connectivity index (χ1) is 9.61. The van der Waals surface area contributed by atoms with Crippen LogP contribution in [0.25, 0.3) is 0 Å². The van der Waals surface area contributed by atoms with Gasteiger partial charge in [-0.1, -0.05) is 11.6 Å². The molecule has 0 saturated carbocycles. The second-order valence-corrected chi connectivity index (χ2v) is 6.18. The first kappa shape index (κ1) is 15.8. The quantitative estimate of drug-likeness (QED) is 0.846. The minimum absolute atomic E-state index is 0.0450. The van der Waals surface area contributed by atoms with Crippen LogP contribution in [0.2, 0.25) is 5.02 Å². The van der Waals surface area contributed by atoms with Crippen molar-refractivity contribution in [2.24, 2.45) is 0 Å². The van der Waals surface area contributed by atoms with Crippen molar-refractivity contribution in [3.63, 3.8) is 0 Å². The van der Waals surface area contributed by atoms with Crippen LogP contribution in [0.5, 0.6) is 0 Å².